The van der Waals surface area contributed by atoms with E-state index >= 15 is 0 Å². The topological polar surface area (TPSA) is 71.1 Å². The van der Waals surface area contributed by atoms with E-state index in [4.69, 9.17) is 0 Å². The van der Waals surface area contributed by atoms with Crippen LogP contribution in [0.3, 0.4) is 0 Å². The Morgan fingerprint density at radius 1 is 1.11 bits per heavy atom. The van der Waals surface area contributed by atoms with E-state index in [1.807, 2.05) is 26.8 Å². The fraction of sp³-hybridized carbons (Fsp3) is 0.190. The fourth-order valence-corrected chi connectivity index (χ4v) is 3.27. The predicted molar refractivity (Wildman–Crippen MR) is 110 cm³/mol. The molecular weight excluding hydrogens is 377 g/mol. The lowest BCUT2D eigenvalue weighted by atomic mass is 10.1. The number of halogens is 1. The predicted octanol–water partition coefficient (Wildman–Crippen LogP) is 5.10. The van der Waals surface area contributed by atoms with Gasteiger partial charge in [0.25, 0.3) is 5.91 Å². The number of carbonyl (C=O) groups excluding carboxylic acids is 2. The Bertz CT molecular complexity index is 1030. The van der Waals surface area contributed by atoms with Crippen LogP contribution in [-0.4, -0.2) is 16.8 Å². The number of rotatable bonds is 5. The Morgan fingerprint density at radius 2 is 1.86 bits per heavy atom. The lowest BCUT2D eigenvalue weighted by Gasteiger charge is -2.12. The van der Waals surface area contributed by atoms with E-state index in [2.05, 4.69) is 15.6 Å². The van der Waals surface area contributed by atoms with Gasteiger partial charge >= 0.3 is 0 Å². The summed E-state index contributed by atoms with van der Waals surface area (Å²) in [5.41, 5.74) is 2.60. The number of carbonyl (C=O) groups is 2. The van der Waals surface area contributed by atoms with Crippen LogP contribution in [0.5, 0.6) is 0 Å². The Kier molecular flexibility index (Phi) is 5.84. The maximum absolute atomic E-state index is 13.9. The van der Waals surface area contributed by atoms with Crippen molar-refractivity contribution < 1.29 is 14.0 Å². The summed E-state index contributed by atoms with van der Waals surface area (Å²) >= 11 is 1.21. The molecule has 3 rings (SSSR count). The molecule has 2 N–H and O–H groups in total. The quantitative estimate of drug-likeness (QED) is 0.629. The third-order valence-electron chi connectivity index (χ3n) is 4.12. The summed E-state index contributed by atoms with van der Waals surface area (Å²) in [6, 6.07) is 11.6. The third kappa shape index (κ3) is 4.43. The molecule has 0 bridgehead atoms. The molecule has 0 aliphatic heterocycles. The summed E-state index contributed by atoms with van der Waals surface area (Å²) in [6.45, 7) is 5.47. The first-order chi connectivity index (χ1) is 13.3. The molecule has 7 heteroatoms. The van der Waals surface area contributed by atoms with Crippen molar-refractivity contribution in [3.63, 3.8) is 0 Å². The second-order valence-corrected chi connectivity index (χ2v) is 7.50. The van der Waals surface area contributed by atoms with Gasteiger partial charge in [0.15, 0.2) is 0 Å². The van der Waals surface area contributed by atoms with Crippen molar-refractivity contribution in [3.8, 4) is 10.6 Å². The van der Waals surface area contributed by atoms with Crippen molar-refractivity contribution in [2.45, 2.75) is 20.8 Å². The highest BCUT2D eigenvalue weighted by molar-refractivity contribution is 7.13. The Balaban J connectivity index is 1.78. The Hall–Kier alpha value is -3.06. The average Bonchev–Trinajstić information content (AvgIpc) is 3.14. The molecule has 0 spiro atoms. The first-order valence-electron chi connectivity index (χ1n) is 8.78. The van der Waals surface area contributed by atoms with E-state index in [0.29, 0.717) is 21.9 Å². The third-order valence-corrected chi connectivity index (χ3v) is 4.99. The maximum atomic E-state index is 13.9. The molecule has 2 aromatic carbocycles. The molecule has 28 heavy (non-hydrogen) atoms. The van der Waals surface area contributed by atoms with Gasteiger partial charge in [0.1, 0.15) is 16.5 Å². The number of hydrogen-bond acceptors (Lipinski definition) is 4. The molecule has 2 amide bonds. The SMILES string of the molecule is Cc1ccc(NC(=O)C(C)C)cc1NC(=O)c1csc(-c2ccccc2F)n1. The number of benzene rings is 2. The largest absolute Gasteiger partial charge is 0.326 e. The van der Waals surface area contributed by atoms with E-state index < -0.39 is 5.91 Å². The smallest absolute Gasteiger partial charge is 0.275 e. The monoisotopic (exact) mass is 397 g/mol. The second-order valence-electron chi connectivity index (χ2n) is 6.65. The van der Waals surface area contributed by atoms with E-state index in [0.717, 1.165) is 5.56 Å². The molecule has 5 nitrogen and oxygen atoms in total. The first-order valence-corrected chi connectivity index (χ1v) is 9.66. The van der Waals surface area contributed by atoms with Gasteiger partial charge in [-0.2, -0.15) is 0 Å². The number of amides is 2. The van der Waals surface area contributed by atoms with Crippen molar-refractivity contribution in [3.05, 3.63) is 64.9 Å². The first kappa shape index (κ1) is 19.7. The second kappa shape index (κ2) is 8.31. The number of hydrogen-bond donors (Lipinski definition) is 2. The fourth-order valence-electron chi connectivity index (χ4n) is 2.44. The van der Waals surface area contributed by atoms with Crippen molar-refractivity contribution in [2.24, 2.45) is 5.92 Å². The molecule has 0 unspecified atom stereocenters. The molecule has 3 aromatic rings. The minimum absolute atomic E-state index is 0.102. The van der Waals surface area contributed by atoms with Crippen LogP contribution >= 0.6 is 11.3 Å². The highest BCUT2D eigenvalue weighted by Crippen LogP contribution is 2.27. The maximum Gasteiger partial charge on any atom is 0.275 e. The minimum atomic E-state index is -0.394. The van der Waals surface area contributed by atoms with E-state index in [1.54, 1.807) is 35.7 Å². The highest BCUT2D eigenvalue weighted by atomic mass is 32.1. The van der Waals surface area contributed by atoms with Crippen molar-refractivity contribution in [1.29, 1.82) is 0 Å². The summed E-state index contributed by atoms with van der Waals surface area (Å²) in [6.07, 6.45) is 0. The standard InChI is InChI=1S/C21H20FN3O2S/c1-12(2)19(26)23-14-9-8-13(3)17(10-14)24-20(27)18-11-28-21(25-18)15-6-4-5-7-16(15)22/h4-12H,1-3H3,(H,23,26)(H,24,27). The van der Waals surface area contributed by atoms with Crippen molar-refractivity contribution >= 4 is 34.5 Å². The van der Waals surface area contributed by atoms with Crippen LogP contribution in [0.4, 0.5) is 15.8 Å². The van der Waals surface area contributed by atoms with Gasteiger partial charge in [-0.3, -0.25) is 9.59 Å². The van der Waals surface area contributed by atoms with Crippen LogP contribution in [0.25, 0.3) is 10.6 Å². The number of thiazole rings is 1. The van der Waals surface area contributed by atoms with Gasteiger partial charge in [-0.25, -0.2) is 9.37 Å². The number of aryl methyl sites for hydroxylation is 1. The molecule has 0 atom stereocenters. The van der Waals surface area contributed by atoms with Gasteiger partial charge in [0.05, 0.1) is 0 Å². The molecule has 1 aromatic heterocycles. The van der Waals surface area contributed by atoms with Gasteiger partial charge < -0.3 is 10.6 Å². The number of aromatic nitrogens is 1. The number of anilines is 2. The van der Waals surface area contributed by atoms with Gasteiger partial charge in [0.2, 0.25) is 5.91 Å². The van der Waals surface area contributed by atoms with E-state index in [9.17, 15) is 14.0 Å². The zero-order chi connectivity index (χ0) is 20.3. The lowest BCUT2D eigenvalue weighted by Crippen LogP contribution is -2.18. The van der Waals surface area contributed by atoms with Gasteiger partial charge in [-0.1, -0.05) is 32.0 Å². The average molecular weight is 397 g/mol. The molecular formula is C21H20FN3O2S. The summed E-state index contributed by atoms with van der Waals surface area (Å²) in [4.78, 5) is 28.7. The summed E-state index contributed by atoms with van der Waals surface area (Å²) < 4.78 is 13.9. The molecule has 0 aliphatic carbocycles. The molecule has 1 heterocycles. The van der Waals surface area contributed by atoms with Crippen molar-refractivity contribution in [1.82, 2.24) is 4.98 Å². The molecule has 0 radical (unpaired) electrons. The highest BCUT2D eigenvalue weighted by Gasteiger charge is 2.15. The Labute approximate surface area is 166 Å². The number of nitrogens with one attached hydrogen (secondary N) is 2. The zero-order valence-corrected chi connectivity index (χ0v) is 16.6. The van der Waals surface area contributed by atoms with Crippen molar-refractivity contribution in [2.75, 3.05) is 10.6 Å². The van der Waals surface area contributed by atoms with Gasteiger partial charge in [-0.05, 0) is 36.8 Å². The Morgan fingerprint density at radius 3 is 2.57 bits per heavy atom. The van der Waals surface area contributed by atoms with E-state index in [-0.39, 0.29) is 23.3 Å². The lowest BCUT2D eigenvalue weighted by molar-refractivity contribution is -0.118. The zero-order valence-electron chi connectivity index (χ0n) is 15.7. The van der Waals surface area contributed by atoms with Crippen LogP contribution in [0.1, 0.15) is 29.9 Å². The van der Waals surface area contributed by atoms with Crippen LogP contribution < -0.4 is 10.6 Å². The van der Waals surface area contributed by atoms with Crippen LogP contribution in [-0.2, 0) is 4.79 Å². The van der Waals surface area contributed by atoms with E-state index in [1.165, 1.54) is 17.4 Å². The van der Waals surface area contributed by atoms with Crippen LogP contribution in [0, 0.1) is 18.7 Å². The summed E-state index contributed by atoms with van der Waals surface area (Å²) in [5.74, 6) is -1.02. The number of nitrogens with zero attached hydrogens (tertiary/aromatic N) is 1. The van der Waals surface area contributed by atoms with Gasteiger partial charge in [-0.15, -0.1) is 11.3 Å². The molecule has 0 saturated heterocycles. The normalized spacial score (nSPS) is 10.8. The van der Waals surface area contributed by atoms with Crippen LogP contribution in [0.2, 0.25) is 0 Å². The molecule has 0 aliphatic rings. The molecule has 0 saturated carbocycles. The summed E-state index contributed by atoms with van der Waals surface area (Å²) in [5, 5.41) is 7.65. The van der Waals surface area contributed by atoms with Gasteiger partial charge in [0, 0.05) is 28.2 Å². The molecule has 0 fully saturated rings. The summed E-state index contributed by atoms with van der Waals surface area (Å²) in [7, 11) is 0. The molecule has 144 valence electrons. The van der Waals surface area contributed by atoms with Crippen LogP contribution in [0.15, 0.2) is 47.8 Å². The minimum Gasteiger partial charge on any atom is -0.326 e.